The van der Waals surface area contributed by atoms with Gasteiger partial charge in [-0.05, 0) is 18.6 Å². The van der Waals surface area contributed by atoms with Crippen LogP contribution in [0.1, 0.15) is 30.3 Å². The predicted octanol–water partition coefficient (Wildman–Crippen LogP) is 2.62. The molecule has 1 unspecified atom stereocenters. The van der Waals surface area contributed by atoms with Crippen molar-refractivity contribution < 1.29 is 5.11 Å². The highest BCUT2D eigenvalue weighted by Crippen LogP contribution is 2.23. The first-order chi connectivity index (χ1) is 9.18. The monoisotopic (exact) mass is 321 g/mol. The lowest BCUT2D eigenvalue weighted by molar-refractivity contribution is 0.170. The third-order valence-electron chi connectivity index (χ3n) is 2.91. The molecule has 0 spiro atoms. The first kappa shape index (κ1) is 14.1. The van der Waals surface area contributed by atoms with E-state index in [4.69, 9.17) is 0 Å². The number of rotatable bonds is 5. The Morgan fingerprint density at radius 3 is 2.79 bits per heavy atom. The van der Waals surface area contributed by atoms with Crippen LogP contribution in [0.25, 0.3) is 0 Å². The molecule has 0 amide bonds. The van der Waals surface area contributed by atoms with Gasteiger partial charge >= 0.3 is 0 Å². The Hall–Kier alpha value is -1.30. The Bertz CT molecular complexity index is 521. The number of aliphatic hydroxyl groups excluding tert-OH is 1. The summed E-state index contributed by atoms with van der Waals surface area (Å²) in [6.07, 6.45) is 4.47. The standard InChI is InChI=1S/C14H16BrN3O/c1-10(13-8-16-6-7-17-13)18-9-14(19)11-4-2-3-5-12(11)15/h2-8,10,14,18-19H,9H2,1H3/t10-,14?/m0/s1. The molecule has 2 aromatic rings. The Morgan fingerprint density at radius 2 is 2.11 bits per heavy atom. The fourth-order valence-corrected chi connectivity index (χ4v) is 2.33. The van der Waals surface area contributed by atoms with Gasteiger partial charge in [0.1, 0.15) is 0 Å². The number of hydrogen-bond acceptors (Lipinski definition) is 4. The average Bonchev–Trinajstić information content (AvgIpc) is 2.46. The summed E-state index contributed by atoms with van der Waals surface area (Å²) in [5.74, 6) is 0. The highest BCUT2D eigenvalue weighted by atomic mass is 79.9. The van der Waals surface area contributed by atoms with Crippen molar-refractivity contribution in [2.24, 2.45) is 0 Å². The molecule has 2 atom stereocenters. The van der Waals surface area contributed by atoms with Crippen molar-refractivity contribution in [2.75, 3.05) is 6.54 Å². The third-order valence-corrected chi connectivity index (χ3v) is 3.63. The highest BCUT2D eigenvalue weighted by Gasteiger charge is 2.13. The third kappa shape index (κ3) is 3.83. The van der Waals surface area contributed by atoms with Gasteiger partial charge in [-0.15, -0.1) is 0 Å². The summed E-state index contributed by atoms with van der Waals surface area (Å²) >= 11 is 3.44. The van der Waals surface area contributed by atoms with E-state index in [0.29, 0.717) is 6.54 Å². The number of hydrogen-bond donors (Lipinski definition) is 2. The van der Waals surface area contributed by atoms with Crippen molar-refractivity contribution in [3.63, 3.8) is 0 Å². The summed E-state index contributed by atoms with van der Waals surface area (Å²) in [6.45, 7) is 2.46. The Morgan fingerprint density at radius 1 is 1.32 bits per heavy atom. The average molecular weight is 322 g/mol. The smallest absolute Gasteiger partial charge is 0.0925 e. The first-order valence-corrected chi connectivity index (χ1v) is 6.89. The molecule has 2 rings (SSSR count). The normalized spacial score (nSPS) is 14.1. The molecule has 0 saturated heterocycles. The van der Waals surface area contributed by atoms with Crippen molar-refractivity contribution >= 4 is 15.9 Å². The number of aliphatic hydroxyl groups is 1. The van der Waals surface area contributed by atoms with Crippen LogP contribution in [-0.4, -0.2) is 21.6 Å². The SMILES string of the molecule is C[C@H](NCC(O)c1ccccc1Br)c1cnccn1. The van der Waals surface area contributed by atoms with Gasteiger partial charge in [0.2, 0.25) is 0 Å². The van der Waals surface area contributed by atoms with Crippen molar-refractivity contribution in [1.82, 2.24) is 15.3 Å². The molecule has 0 aliphatic carbocycles. The maximum Gasteiger partial charge on any atom is 0.0925 e. The number of aromatic nitrogens is 2. The minimum atomic E-state index is -0.560. The Balaban J connectivity index is 1.94. The van der Waals surface area contributed by atoms with Crippen LogP contribution in [0.3, 0.4) is 0 Å². The lowest BCUT2D eigenvalue weighted by Gasteiger charge is -2.17. The van der Waals surface area contributed by atoms with Crippen LogP contribution in [0, 0.1) is 0 Å². The van der Waals surface area contributed by atoms with Gasteiger partial charge in [0.25, 0.3) is 0 Å². The first-order valence-electron chi connectivity index (χ1n) is 6.10. The van der Waals surface area contributed by atoms with Gasteiger partial charge in [0.05, 0.1) is 11.8 Å². The quantitative estimate of drug-likeness (QED) is 0.888. The summed E-state index contributed by atoms with van der Waals surface area (Å²) in [4.78, 5) is 8.26. The molecule has 5 heteroatoms. The molecule has 2 N–H and O–H groups in total. The maximum atomic E-state index is 10.2. The van der Waals surface area contributed by atoms with Crippen molar-refractivity contribution in [1.29, 1.82) is 0 Å². The van der Waals surface area contributed by atoms with Crippen molar-refractivity contribution in [2.45, 2.75) is 19.1 Å². The van der Waals surface area contributed by atoms with E-state index in [-0.39, 0.29) is 6.04 Å². The second-order valence-corrected chi connectivity index (χ2v) is 5.15. The summed E-state index contributed by atoms with van der Waals surface area (Å²) in [5.41, 5.74) is 1.74. The number of nitrogens with one attached hydrogen (secondary N) is 1. The molecule has 0 aliphatic rings. The second-order valence-electron chi connectivity index (χ2n) is 4.30. The van der Waals surface area contributed by atoms with Crippen LogP contribution in [0.4, 0.5) is 0 Å². The van der Waals surface area contributed by atoms with Gasteiger partial charge in [-0.1, -0.05) is 34.1 Å². The van der Waals surface area contributed by atoms with Crippen LogP contribution in [0.5, 0.6) is 0 Å². The molecule has 1 aromatic heterocycles. The van der Waals surface area contributed by atoms with Crippen LogP contribution >= 0.6 is 15.9 Å². The lowest BCUT2D eigenvalue weighted by atomic mass is 10.1. The molecule has 1 heterocycles. The summed E-state index contributed by atoms with van der Waals surface area (Å²) < 4.78 is 0.913. The van der Waals surface area contributed by atoms with E-state index in [1.165, 1.54) is 0 Å². The van der Waals surface area contributed by atoms with Crippen LogP contribution in [0.2, 0.25) is 0 Å². The van der Waals surface area contributed by atoms with E-state index in [2.05, 4.69) is 31.2 Å². The molecule has 0 fully saturated rings. The van der Waals surface area contributed by atoms with Crippen LogP contribution in [0.15, 0.2) is 47.3 Å². The Kier molecular flexibility index (Phi) is 5.01. The second kappa shape index (κ2) is 6.75. The molecule has 0 bridgehead atoms. The molecule has 1 aromatic carbocycles. The molecule has 0 saturated carbocycles. The largest absolute Gasteiger partial charge is 0.387 e. The minimum absolute atomic E-state index is 0.0471. The van der Waals surface area contributed by atoms with E-state index in [1.54, 1.807) is 18.6 Å². The fourth-order valence-electron chi connectivity index (χ4n) is 1.78. The zero-order valence-corrected chi connectivity index (χ0v) is 12.2. The van der Waals surface area contributed by atoms with Gasteiger partial charge in [0, 0.05) is 35.6 Å². The van der Waals surface area contributed by atoms with Gasteiger partial charge in [-0.2, -0.15) is 0 Å². The van der Waals surface area contributed by atoms with Gasteiger partial charge in [-0.25, -0.2) is 0 Å². The summed E-state index contributed by atoms with van der Waals surface area (Å²) in [7, 11) is 0. The van der Waals surface area contributed by atoms with Crippen LogP contribution < -0.4 is 5.32 Å². The van der Waals surface area contributed by atoms with Gasteiger partial charge < -0.3 is 10.4 Å². The van der Waals surface area contributed by atoms with Crippen LogP contribution in [-0.2, 0) is 0 Å². The zero-order valence-electron chi connectivity index (χ0n) is 10.6. The number of benzene rings is 1. The molecule has 100 valence electrons. The molecule has 0 aliphatic heterocycles. The molecule has 0 radical (unpaired) electrons. The van der Waals surface area contributed by atoms with Gasteiger partial charge in [0.15, 0.2) is 0 Å². The van der Waals surface area contributed by atoms with E-state index in [9.17, 15) is 5.11 Å². The molecule has 4 nitrogen and oxygen atoms in total. The molecule has 19 heavy (non-hydrogen) atoms. The topological polar surface area (TPSA) is 58.0 Å². The van der Waals surface area contributed by atoms with E-state index < -0.39 is 6.10 Å². The summed E-state index contributed by atoms with van der Waals surface area (Å²) in [5, 5.41) is 13.4. The number of nitrogens with zero attached hydrogens (tertiary/aromatic N) is 2. The van der Waals surface area contributed by atoms with Crippen molar-refractivity contribution in [3.8, 4) is 0 Å². The van der Waals surface area contributed by atoms with E-state index >= 15 is 0 Å². The fraction of sp³-hybridized carbons (Fsp3) is 0.286. The molecular weight excluding hydrogens is 306 g/mol. The van der Waals surface area contributed by atoms with Gasteiger partial charge in [-0.3, -0.25) is 9.97 Å². The molecular formula is C14H16BrN3O. The number of halogens is 1. The Labute approximate surface area is 121 Å². The maximum absolute atomic E-state index is 10.2. The van der Waals surface area contributed by atoms with Crippen molar-refractivity contribution in [3.05, 3.63) is 58.6 Å². The zero-order chi connectivity index (χ0) is 13.7. The lowest BCUT2D eigenvalue weighted by Crippen LogP contribution is -2.25. The predicted molar refractivity (Wildman–Crippen MR) is 77.6 cm³/mol. The summed E-state index contributed by atoms with van der Waals surface area (Å²) in [6, 6.07) is 7.71. The van der Waals surface area contributed by atoms with E-state index in [1.807, 2.05) is 31.2 Å². The highest BCUT2D eigenvalue weighted by molar-refractivity contribution is 9.10. The van der Waals surface area contributed by atoms with E-state index in [0.717, 1.165) is 15.7 Å². The minimum Gasteiger partial charge on any atom is -0.387 e.